The number of benzene rings is 2. The number of hydrogen-bond donors (Lipinski definition) is 3. The van der Waals surface area contributed by atoms with E-state index in [0.29, 0.717) is 0 Å². The fraction of sp³-hybridized carbons (Fsp3) is 0.158. The molecule has 2 aromatic heterocycles. The topological polar surface area (TPSA) is 90.4 Å². The van der Waals surface area contributed by atoms with Gasteiger partial charge in [-0.2, -0.15) is 0 Å². The molecule has 24 heavy (non-hydrogen) atoms. The van der Waals surface area contributed by atoms with Crippen molar-refractivity contribution in [2.45, 2.75) is 19.8 Å². The Balaban J connectivity index is 0.000000149. The van der Waals surface area contributed by atoms with Crippen molar-refractivity contribution >= 4 is 22.6 Å². The van der Waals surface area contributed by atoms with E-state index in [2.05, 4.69) is 30.1 Å². The summed E-state index contributed by atoms with van der Waals surface area (Å²) in [7, 11) is 0. The number of carbonyl (C=O) groups is 2. The van der Waals surface area contributed by atoms with Gasteiger partial charge in [-0.3, -0.25) is 9.59 Å². The Morgan fingerprint density at radius 1 is 0.917 bits per heavy atom. The number of allylic oxidation sites excluding steroid dienone is 2. The number of nitrogens with one attached hydrogen (secondary N) is 1. The van der Waals surface area contributed by atoms with Gasteiger partial charge in [-0.15, -0.1) is 0 Å². The number of aromatic nitrogens is 1. The molecule has 0 aliphatic heterocycles. The Bertz CT molecular complexity index is 893. The highest BCUT2D eigenvalue weighted by atomic mass is 16.3. The number of carbonyl (C=O) groups excluding carboxylic acids is 2. The molecule has 5 nitrogen and oxygen atoms in total. The summed E-state index contributed by atoms with van der Waals surface area (Å²) in [5.74, 6) is -1.54. The number of fused-ring (bicyclic) bond motifs is 3. The van der Waals surface area contributed by atoms with Gasteiger partial charge < -0.3 is 15.2 Å². The molecule has 3 aromatic rings. The predicted molar refractivity (Wildman–Crippen MR) is 91.1 cm³/mol. The minimum atomic E-state index is -0.479. The third kappa shape index (κ3) is 2.76. The number of ketones is 2. The van der Waals surface area contributed by atoms with Crippen LogP contribution in [0.2, 0.25) is 0 Å². The molecule has 1 aromatic carbocycles. The van der Waals surface area contributed by atoms with Gasteiger partial charge in [-0.05, 0) is 54.5 Å². The molecule has 2 heterocycles. The van der Waals surface area contributed by atoms with Gasteiger partial charge in [-0.1, -0.05) is 13.3 Å². The molecule has 0 unspecified atom stereocenters. The molecule has 5 heteroatoms. The van der Waals surface area contributed by atoms with Gasteiger partial charge in [0.15, 0.2) is 11.6 Å². The molecule has 0 saturated heterocycles. The summed E-state index contributed by atoms with van der Waals surface area (Å²) in [5.41, 5.74) is 3.80. The van der Waals surface area contributed by atoms with Crippen molar-refractivity contribution in [1.82, 2.24) is 4.98 Å². The maximum atomic E-state index is 11.3. The van der Waals surface area contributed by atoms with E-state index in [0.717, 1.165) is 12.2 Å². The molecule has 1 aliphatic rings. The minimum Gasteiger partial charge on any atom is -0.507 e. The Kier molecular flexibility index (Phi) is 4.08. The second kappa shape index (κ2) is 6.20. The molecule has 0 amide bonds. The first-order chi connectivity index (χ1) is 11.5. The van der Waals surface area contributed by atoms with Crippen molar-refractivity contribution in [2.75, 3.05) is 0 Å². The molecule has 0 saturated carbocycles. The first-order valence-electron chi connectivity index (χ1n) is 7.73. The fourth-order valence-corrected chi connectivity index (χ4v) is 2.82. The van der Waals surface area contributed by atoms with Crippen LogP contribution < -0.4 is 0 Å². The average Bonchev–Trinajstić information content (AvgIpc) is 3.17. The number of H-pyrrole nitrogens is 1. The van der Waals surface area contributed by atoms with Crippen LogP contribution in [0, 0.1) is 0 Å². The Labute approximate surface area is 138 Å². The standard InChI is InChI=1S/C10H6O4.C9H11N/c11-5-1-2-6(12)10-8(14)4-3-7(13)9(5)10;1-2-3-7-6-8-4-5-9(7)10-8/h1-4,11-12H;4-6,10H,2-3H2,1H3. The summed E-state index contributed by atoms with van der Waals surface area (Å²) in [6, 6.07) is 8.87. The molecule has 4 rings (SSSR count). The van der Waals surface area contributed by atoms with E-state index in [-0.39, 0.29) is 22.6 Å². The lowest BCUT2D eigenvalue weighted by Crippen LogP contribution is -2.11. The smallest absolute Gasteiger partial charge is 0.190 e. The number of aryl methyl sites for hydroxylation is 1. The number of aromatic hydroxyl groups is 2. The van der Waals surface area contributed by atoms with E-state index in [1.807, 2.05) is 0 Å². The zero-order valence-corrected chi connectivity index (χ0v) is 13.2. The fourth-order valence-electron chi connectivity index (χ4n) is 2.82. The first-order valence-corrected chi connectivity index (χ1v) is 7.73. The largest absolute Gasteiger partial charge is 0.507 e. The average molecular weight is 323 g/mol. The molecule has 0 atom stereocenters. The van der Waals surface area contributed by atoms with E-state index < -0.39 is 11.6 Å². The van der Waals surface area contributed by atoms with Crippen molar-refractivity contribution in [2.24, 2.45) is 0 Å². The Morgan fingerprint density at radius 2 is 1.50 bits per heavy atom. The minimum absolute atomic E-state index is 0.127. The van der Waals surface area contributed by atoms with Crippen molar-refractivity contribution in [1.29, 1.82) is 0 Å². The van der Waals surface area contributed by atoms with Gasteiger partial charge in [0.2, 0.25) is 0 Å². The molecular weight excluding hydrogens is 306 g/mol. The summed E-state index contributed by atoms with van der Waals surface area (Å²) >= 11 is 0. The monoisotopic (exact) mass is 323 g/mol. The summed E-state index contributed by atoms with van der Waals surface area (Å²) in [5, 5.41) is 18.7. The van der Waals surface area contributed by atoms with Gasteiger partial charge in [-0.25, -0.2) is 0 Å². The van der Waals surface area contributed by atoms with Crippen LogP contribution in [0.15, 0.2) is 42.5 Å². The summed E-state index contributed by atoms with van der Waals surface area (Å²) in [6.07, 6.45) is 4.59. The van der Waals surface area contributed by atoms with Crippen molar-refractivity contribution in [3.05, 3.63) is 59.2 Å². The third-order valence-electron chi connectivity index (χ3n) is 3.94. The summed E-state index contributed by atoms with van der Waals surface area (Å²) < 4.78 is 0. The van der Waals surface area contributed by atoms with Gasteiger partial charge in [0.05, 0.1) is 11.1 Å². The van der Waals surface area contributed by atoms with Crippen LogP contribution in [0.4, 0.5) is 0 Å². The lowest BCUT2D eigenvalue weighted by atomic mass is 9.93. The van der Waals surface area contributed by atoms with Crippen LogP contribution in [0.25, 0.3) is 11.0 Å². The predicted octanol–water partition coefficient (Wildman–Crippen LogP) is 3.59. The van der Waals surface area contributed by atoms with Crippen molar-refractivity contribution in [3.63, 3.8) is 0 Å². The molecule has 1 aliphatic carbocycles. The highest BCUT2D eigenvalue weighted by molar-refractivity contribution is 6.24. The molecule has 2 bridgehead atoms. The molecule has 122 valence electrons. The Morgan fingerprint density at radius 3 is 1.92 bits per heavy atom. The number of rotatable bonds is 2. The molecule has 0 radical (unpaired) electrons. The number of aromatic amines is 1. The Hall–Kier alpha value is -3.08. The normalized spacial score (nSPS) is 13.0. The van der Waals surface area contributed by atoms with E-state index in [1.165, 1.54) is 41.6 Å². The molecule has 0 fully saturated rings. The van der Waals surface area contributed by atoms with Crippen LogP contribution in [-0.4, -0.2) is 26.8 Å². The van der Waals surface area contributed by atoms with Gasteiger partial charge in [0.25, 0.3) is 0 Å². The zero-order chi connectivity index (χ0) is 17.3. The van der Waals surface area contributed by atoms with Crippen LogP contribution in [-0.2, 0) is 6.42 Å². The first kappa shape index (κ1) is 15.8. The van der Waals surface area contributed by atoms with E-state index in [4.69, 9.17) is 0 Å². The zero-order valence-electron chi connectivity index (χ0n) is 13.2. The van der Waals surface area contributed by atoms with Gasteiger partial charge in [0.1, 0.15) is 11.5 Å². The van der Waals surface area contributed by atoms with Gasteiger partial charge >= 0.3 is 0 Å². The second-order valence-electron chi connectivity index (χ2n) is 5.66. The van der Waals surface area contributed by atoms with Crippen LogP contribution >= 0.6 is 0 Å². The highest BCUT2D eigenvalue weighted by Crippen LogP contribution is 2.32. The lowest BCUT2D eigenvalue weighted by molar-refractivity contribution is 0.0989. The summed E-state index contributed by atoms with van der Waals surface area (Å²) in [6.45, 7) is 2.21. The van der Waals surface area contributed by atoms with E-state index in [9.17, 15) is 19.8 Å². The van der Waals surface area contributed by atoms with E-state index >= 15 is 0 Å². The maximum Gasteiger partial charge on any atom is 0.190 e. The number of phenolic OH excluding ortho intramolecular Hbond substituents is 2. The number of hydrogen-bond acceptors (Lipinski definition) is 4. The molecule has 0 spiro atoms. The van der Waals surface area contributed by atoms with Gasteiger partial charge in [0, 0.05) is 11.0 Å². The summed E-state index contributed by atoms with van der Waals surface area (Å²) in [4.78, 5) is 25.9. The van der Waals surface area contributed by atoms with Crippen LogP contribution in [0.1, 0.15) is 39.6 Å². The van der Waals surface area contributed by atoms with Crippen molar-refractivity contribution < 1.29 is 19.8 Å². The highest BCUT2D eigenvalue weighted by Gasteiger charge is 2.25. The van der Waals surface area contributed by atoms with Crippen LogP contribution in [0.3, 0.4) is 0 Å². The molecule has 3 N–H and O–H groups in total. The number of phenols is 2. The van der Waals surface area contributed by atoms with Crippen LogP contribution in [0.5, 0.6) is 11.5 Å². The van der Waals surface area contributed by atoms with Crippen molar-refractivity contribution in [3.8, 4) is 11.5 Å². The lowest BCUT2D eigenvalue weighted by Gasteiger charge is -2.11. The molecular formula is C19H17NO4. The maximum absolute atomic E-state index is 11.3. The van der Waals surface area contributed by atoms with E-state index in [1.54, 1.807) is 0 Å². The second-order valence-corrected chi connectivity index (χ2v) is 5.66. The SMILES string of the molecule is CCCc1cc2ccc1[nH]2.O=C1C=CC(=O)c2c(O)ccc(O)c21. The quantitative estimate of drug-likeness (QED) is 0.629. The third-order valence-corrected chi connectivity index (χ3v) is 3.94.